The molecule has 0 spiro atoms. The van der Waals surface area contributed by atoms with Crippen LogP contribution in [0.25, 0.3) is 0 Å². The van der Waals surface area contributed by atoms with Gasteiger partial charge < -0.3 is 4.74 Å². The summed E-state index contributed by atoms with van der Waals surface area (Å²) >= 11 is 3.40. The Balaban J connectivity index is 1.92. The third-order valence-electron chi connectivity index (χ3n) is 1.73. The van der Waals surface area contributed by atoms with Gasteiger partial charge in [0, 0.05) is 5.33 Å². The SMILES string of the molecule is CC1(CCCCBr)CO1. The summed E-state index contributed by atoms with van der Waals surface area (Å²) in [7, 11) is 0. The molecule has 0 amide bonds. The first-order chi connectivity index (χ1) is 4.27. The maximum Gasteiger partial charge on any atom is 0.0888 e. The van der Waals surface area contributed by atoms with Gasteiger partial charge in [0.1, 0.15) is 0 Å². The van der Waals surface area contributed by atoms with Crippen molar-refractivity contribution in [2.24, 2.45) is 0 Å². The summed E-state index contributed by atoms with van der Waals surface area (Å²) in [4.78, 5) is 0. The van der Waals surface area contributed by atoms with Crippen LogP contribution in [-0.4, -0.2) is 17.5 Å². The summed E-state index contributed by atoms with van der Waals surface area (Å²) in [5.41, 5.74) is 0.280. The van der Waals surface area contributed by atoms with E-state index in [1.54, 1.807) is 0 Å². The van der Waals surface area contributed by atoms with Gasteiger partial charge in [-0.05, 0) is 26.2 Å². The van der Waals surface area contributed by atoms with Crippen molar-refractivity contribution in [1.29, 1.82) is 0 Å². The van der Waals surface area contributed by atoms with Crippen LogP contribution < -0.4 is 0 Å². The molecule has 1 fully saturated rings. The van der Waals surface area contributed by atoms with E-state index >= 15 is 0 Å². The Labute approximate surface area is 64.9 Å². The van der Waals surface area contributed by atoms with Gasteiger partial charge in [0.15, 0.2) is 0 Å². The molecule has 1 aliphatic rings. The first-order valence-corrected chi connectivity index (χ1v) is 4.59. The molecule has 1 saturated heterocycles. The number of ether oxygens (including phenoxy) is 1. The number of unbranched alkanes of at least 4 members (excludes halogenated alkanes) is 1. The topological polar surface area (TPSA) is 12.5 Å². The van der Waals surface area contributed by atoms with Gasteiger partial charge in [0.05, 0.1) is 12.2 Å². The third kappa shape index (κ3) is 2.67. The molecule has 1 rings (SSSR count). The minimum atomic E-state index is 0.280. The Morgan fingerprint density at radius 2 is 2.22 bits per heavy atom. The Bertz CT molecular complexity index is 88.9. The molecular weight excluding hydrogens is 180 g/mol. The molecule has 54 valence electrons. The van der Waals surface area contributed by atoms with E-state index in [1.165, 1.54) is 19.3 Å². The lowest BCUT2D eigenvalue weighted by Gasteiger charge is -2.01. The van der Waals surface area contributed by atoms with Crippen molar-refractivity contribution in [1.82, 2.24) is 0 Å². The van der Waals surface area contributed by atoms with E-state index in [1.807, 2.05) is 0 Å². The maximum atomic E-state index is 5.23. The van der Waals surface area contributed by atoms with Crippen molar-refractivity contribution in [3.05, 3.63) is 0 Å². The van der Waals surface area contributed by atoms with Gasteiger partial charge in [-0.15, -0.1) is 0 Å². The Kier molecular flexibility index (Phi) is 2.53. The number of hydrogen-bond acceptors (Lipinski definition) is 1. The Morgan fingerprint density at radius 1 is 1.56 bits per heavy atom. The second-order valence-electron chi connectivity index (χ2n) is 2.88. The fourth-order valence-corrected chi connectivity index (χ4v) is 1.26. The average molecular weight is 193 g/mol. The summed E-state index contributed by atoms with van der Waals surface area (Å²) in [5.74, 6) is 0. The van der Waals surface area contributed by atoms with E-state index in [2.05, 4.69) is 22.9 Å². The minimum absolute atomic E-state index is 0.280. The third-order valence-corrected chi connectivity index (χ3v) is 2.29. The average Bonchev–Trinajstić information content (AvgIpc) is 2.50. The van der Waals surface area contributed by atoms with Crippen molar-refractivity contribution in [2.75, 3.05) is 11.9 Å². The Morgan fingerprint density at radius 3 is 2.67 bits per heavy atom. The van der Waals surface area contributed by atoms with E-state index in [4.69, 9.17) is 4.74 Å². The highest BCUT2D eigenvalue weighted by molar-refractivity contribution is 9.09. The molecule has 9 heavy (non-hydrogen) atoms. The lowest BCUT2D eigenvalue weighted by Crippen LogP contribution is -2.02. The summed E-state index contributed by atoms with van der Waals surface area (Å²) in [5, 5.41) is 1.13. The molecule has 2 heteroatoms. The predicted molar refractivity (Wildman–Crippen MR) is 42.0 cm³/mol. The molecule has 0 aromatic heterocycles. The normalized spacial score (nSPS) is 32.7. The molecule has 1 nitrogen and oxygen atoms in total. The zero-order chi connectivity index (χ0) is 6.74. The summed E-state index contributed by atoms with van der Waals surface area (Å²) in [6.07, 6.45) is 3.80. The number of alkyl halides is 1. The standard InChI is InChI=1S/C7H13BrO/c1-7(6-9-7)4-2-3-5-8/h2-6H2,1H3. The molecule has 0 N–H and O–H groups in total. The highest BCUT2D eigenvalue weighted by atomic mass is 79.9. The van der Waals surface area contributed by atoms with Crippen molar-refractivity contribution >= 4 is 15.9 Å². The lowest BCUT2D eigenvalue weighted by atomic mass is 10.1. The smallest absolute Gasteiger partial charge is 0.0888 e. The largest absolute Gasteiger partial charge is 0.370 e. The second-order valence-corrected chi connectivity index (χ2v) is 3.68. The van der Waals surface area contributed by atoms with Crippen molar-refractivity contribution in [2.45, 2.75) is 31.8 Å². The van der Waals surface area contributed by atoms with Crippen molar-refractivity contribution in [3.8, 4) is 0 Å². The van der Waals surface area contributed by atoms with E-state index in [9.17, 15) is 0 Å². The molecule has 1 unspecified atom stereocenters. The molecule has 1 heterocycles. The van der Waals surface area contributed by atoms with Crippen LogP contribution in [0.5, 0.6) is 0 Å². The monoisotopic (exact) mass is 192 g/mol. The van der Waals surface area contributed by atoms with Gasteiger partial charge in [-0.25, -0.2) is 0 Å². The molecule has 0 radical (unpaired) electrons. The summed E-state index contributed by atoms with van der Waals surface area (Å²) < 4.78 is 5.23. The van der Waals surface area contributed by atoms with Crippen LogP contribution in [0.4, 0.5) is 0 Å². The molecule has 0 aliphatic carbocycles. The molecule has 0 saturated carbocycles. The van der Waals surface area contributed by atoms with Crippen LogP contribution in [0.1, 0.15) is 26.2 Å². The van der Waals surface area contributed by atoms with Crippen LogP contribution in [0.2, 0.25) is 0 Å². The summed E-state index contributed by atoms with van der Waals surface area (Å²) in [6.45, 7) is 3.16. The highest BCUT2D eigenvalue weighted by Gasteiger charge is 2.37. The van der Waals surface area contributed by atoms with Crippen LogP contribution in [0.15, 0.2) is 0 Å². The number of epoxide rings is 1. The molecule has 0 aromatic rings. The quantitative estimate of drug-likeness (QED) is 0.379. The van der Waals surface area contributed by atoms with Crippen molar-refractivity contribution in [3.63, 3.8) is 0 Å². The second kappa shape index (κ2) is 3.02. The van der Waals surface area contributed by atoms with Crippen molar-refractivity contribution < 1.29 is 4.74 Å². The van der Waals surface area contributed by atoms with E-state index in [-0.39, 0.29) is 5.60 Å². The van der Waals surface area contributed by atoms with Gasteiger partial charge in [-0.3, -0.25) is 0 Å². The molecule has 0 bridgehead atoms. The first-order valence-electron chi connectivity index (χ1n) is 3.47. The van der Waals surface area contributed by atoms with Gasteiger partial charge in [-0.2, -0.15) is 0 Å². The molecule has 1 atom stereocenters. The fourth-order valence-electron chi connectivity index (χ4n) is 0.861. The van der Waals surface area contributed by atoms with E-state index in [0.29, 0.717) is 0 Å². The van der Waals surface area contributed by atoms with Crippen LogP contribution in [-0.2, 0) is 4.74 Å². The maximum absolute atomic E-state index is 5.23. The van der Waals surface area contributed by atoms with Gasteiger partial charge in [0.25, 0.3) is 0 Å². The lowest BCUT2D eigenvalue weighted by molar-refractivity contribution is 0.303. The van der Waals surface area contributed by atoms with Gasteiger partial charge in [0.2, 0.25) is 0 Å². The van der Waals surface area contributed by atoms with E-state index < -0.39 is 0 Å². The zero-order valence-corrected chi connectivity index (χ0v) is 7.41. The highest BCUT2D eigenvalue weighted by Crippen LogP contribution is 2.31. The van der Waals surface area contributed by atoms with Crippen LogP contribution in [0.3, 0.4) is 0 Å². The van der Waals surface area contributed by atoms with Crippen LogP contribution >= 0.6 is 15.9 Å². The molecule has 0 aromatic carbocycles. The number of hydrogen-bond donors (Lipinski definition) is 0. The van der Waals surface area contributed by atoms with E-state index in [0.717, 1.165) is 11.9 Å². The fraction of sp³-hybridized carbons (Fsp3) is 1.00. The molecule has 1 aliphatic heterocycles. The van der Waals surface area contributed by atoms with Gasteiger partial charge in [-0.1, -0.05) is 15.9 Å². The predicted octanol–water partition coefficient (Wildman–Crippen LogP) is 2.34. The number of halogens is 1. The minimum Gasteiger partial charge on any atom is -0.370 e. The number of rotatable bonds is 4. The van der Waals surface area contributed by atoms with Crippen LogP contribution in [0, 0.1) is 0 Å². The zero-order valence-electron chi connectivity index (χ0n) is 5.82. The molecular formula is C7H13BrO. The van der Waals surface area contributed by atoms with Gasteiger partial charge >= 0.3 is 0 Å². The first kappa shape index (κ1) is 7.55. The summed E-state index contributed by atoms with van der Waals surface area (Å²) in [6, 6.07) is 0. The Hall–Kier alpha value is 0.440.